The molecule has 1 aliphatic carbocycles. The van der Waals surface area contributed by atoms with Crippen LogP contribution in [0.15, 0.2) is 12.2 Å². The normalized spacial score (nSPS) is 24.8. The molecule has 0 saturated heterocycles. The minimum absolute atomic E-state index is 0.0535. The lowest BCUT2D eigenvalue weighted by molar-refractivity contribution is -0.136. The standard InChI is InChI=1S/C10H15F3N2O/c11-10(12,13)4-1-5-15-9(16)7-2-3-8(14)6-7/h2-3,7-8H,1,4-6,14H2,(H,15,16). The van der Waals surface area contributed by atoms with Crippen LogP contribution in [0.5, 0.6) is 0 Å². The van der Waals surface area contributed by atoms with Crippen LogP contribution in [0.25, 0.3) is 0 Å². The van der Waals surface area contributed by atoms with Crippen LogP contribution in [0.2, 0.25) is 0 Å². The van der Waals surface area contributed by atoms with E-state index >= 15 is 0 Å². The second kappa shape index (κ2) is 5.34. The second-order valence-corrected chi connectivity index (χ2v) is 3.90. The summed E-state index contributed by atoms with van der Waals surface area (Å²) >= 11 is 0. The Morgan fingerprint density at radius 1 is 1.44 bits per heavy atom. The zero-order valence-corrected chi connectivity index (χ0v) is 8.76. The van der Waals surface area contributed by atoms with Crippen LogP contribution in [0.3, 0.4) is 0 Å². The van der Waals surface area contributed by atoms with Crippen LogP contribution in [0, 0.1) is 5.92 Å². The SMILES string of the molecule is NC1C=CC(C(=O)NCCCC(F)(F)F)C1. The summed E-state index contributed by atoms with van der Waals surface area (Å²) in [5.41, 5.74) is 5.56. The summed E-state index contributed by atoms with van der Waals surface area (Å²) < 4.78 is 35.4. The average Bonchev–Trinajstić information content (AvgIpc) is 2.57. The lowest BCUT2D eigenvalue weighted by atomic mass is 10.1. The number of hydrogen-bond donors (Lipinski definition) is 2. The van der Waals surface area contributed by atoms with Gasteiger partial charge in [0.2, 0.25) is 5.91 Å². The maximum absolute atomic E-state index is 11.8. The van der Waals surface area contributed by atoms with E-state index in [1.165, 1.54) is 0 Å². The number of halogens is 3. The number of amides is 1. The molecule has 92 valence electrons. The number of nitrogens with one attached hydrogen (secondary N) is 1. The topological polar surface area (TPSA) is 55.1 Å². The molecule has 0 radical (unpaired) electrons. The monoisotopic (exact) mass is 236 g/mol. The maximum atomic E-state index is 11.8. The van der Waals surface area contributed by atoms with Crippen molar-refractivity contribution in [1.29, 1.82) is 0 Å². The number of carbonyl (C=O) groups excluding carboxylic acids is 1. The smallest absolute Gasteiger partial charge is 0.356 e. The van der Waals surface area contributed by atoms with Gasteiger partial charge in [-0.2, -0.15) is 13.2 Å². The van der Waals surface area contributed by atoms with Crippen molar-refractivity contribution < 1.29 is 18.0 Å². The molecule has 0 fully saturated rings. The number of hydrogen-bond acceptors (Lipinski definition) is 2. The van der Waals surface area contributed by atoms with Crippen LogP contribution < -0.4 is 11.1 Å². The number of nitrogens with two attached hydrogens (primary N) is 1. The first kappa shape index (κ1) is 13.0. The fourth-order valence-corrected chi connectivity index (χ4v) is 1.55. The van der Waals surface area contributed by atoms with E-state index in [4.69, 9.17) is 5.73 Å². The summed E-state index contributed by atoms with van der Waals surface area (Å²) in [6.45, 7) is 0.0535. The van der Waals surface area contributed by atoms with Crippen LogP contribution >= 0.6 is 0 Å². The molecular weight excluding hydrogens is 221 g/mol. The fourth-order valence-electron chi connectivity index (χ4n) is 1.55. The van der Waals surface area contributed by atoms with E-state index in [2.05, 4.69) is 5.32 Å². The predicted molar refractivity (Wildman–Crippen MR) is 53.5 cm³/mol. The van der Waals surface area contributed by atoms with Gasteiger partial charge in [0.1, 0.15) is 0 Å². The van der Waals surface area contributed by atoms with Gasteiger partial charge in [-0.05, 0) is 12.8 Å². The molecule has 2 atom stereocenters. The van der Waals surface area contributed by atoms with E-state index in [0.717, 1.165) is 0 Å². The van der Waals surface area contributed by atoms with Gasteiger partial charge in [-0.1, -0.05) is 12.2 Å². The quantitative estimate of drug-likeness (QED) is 0.572. The van der Waals surface area contributed by atoms with E-state index in [0.29, 0.717) is 6.42 Å². The molecule has 0 spiro atoms. The molecule has 3 nitrogen and oxygen atoms in total. The van der Waals surface area contributed by atoms with Crippen LogP contribution in [0.1, 0.15) is 19.3 Å². The van der Waals surface area contributed by atoms with E-state index in [-0.39, 0.29) is 30.8 Å². The molecule has 1 aliphatic rings. The Labute approximate surface area is 91.9 Å². The third kappa shape index (κ3) is 4.65. The molecule has 0 aromatic rings. The first-order valence-electron chi connectivity index (χ1n) is 5.17. The van der Waals surface area contributed by atoms with Gasteiger partial charge in [0, 0.05) is 19.0 Å². The maximum Gasteiger partial charge on any atom is 0.389 e. The summed E-state index contributed by atoms with van der Waals surface area (Å²) in [5, 5.41) is 2.47. The number of alkyl halides is 3. The molecule has 1 amide bonds. The van der Waals surface area contributed by atoms with Crippen molar-refractivity contribution in [3.63, 3.8) is 0 Å². The van der Waals surface area contributed by atoms with Crippen molar-refractivity contribution in [2.75, 3.05) is 6.54 Å². The predicted octanol–water partition coefficient (Wildman–Crippen LogP) is 1.35. The number of carbonyl (C=O) groups is 1. The van der Waals surface area contributed by atoms with Crippen LogP contribution in [-0.4, -0.2) is 24.7 Å². The van der Waals surface area contributed by atoms with Gasteiger partial charge in [0.15, 0.2) is 0 Å². The van der Waals surface area contributed by atoms with E-state index in [9.17, 15) is 18.0 Å². The zero-order chi connectivity index (χ0) is 12.2. The summed E-state index contributed by atoms with van der Waals surface area (Å²) in [6, 6.07) is -0.120. The highest BCUT2D eigenvalue weighted by atomic mass is 19.4. The molecule has 0 saturated carbocycles. The van der Waals surface area contributed by atoms with Gasteiger partial charge in [0.25, 0.3) is 0 Å². The molecule has 0 heterocycles. The molecule has 0 aromatic heterocycles. The summed E-state index contributed by atoms with van der Waals surface area (Å²) in [6.07, 6.45) is -1.14. The van der Waals surface area contributed by atoms with Gasteiger partial charge in [0.05, 0.1) is 5.92 Å². The molecule has 2 unspecified atom stereocenters. The molecule has 16 heavy (non-hydrogen) atoms. The van der Waals surface area contributed by atoms with Crippen molar-refractivity contribution in [2.45, 2.75) is 31.5 Å². The van der Waals surface area contributed by atoms with Crippen LogP contribution in [-0.2, 0) is 4.79 Å². The van der Waals surface area contributed by atoms with Crippen molar-refractivity contribution in [3.05, 3.63) is 12.2 Å². The third-order valence-corrected chi connectivity index (χ3v) is 2.39. The molecule has 0 aromatic carbocycles. The third-order valence-electron chi connectivity index (χ3n) is 2.39. The highest BCUT2D eigenvalue weighted by Gasteiger charge is 2.26. The van der Waals surface area contributed by atoms with E-state index < -0.39 is 12.6 Å². The van der Waals surface area contributed by atoms with Gasteiger partial charge >= 0.3 is 6.18 Å². The first-order chi connectivity index (χ1) is 7.38. The summed E-state index contributed by atoms with van der Waals surface area (Å²) in [4.78, 5) is 11.4. The minimum Gasteiger partial charge on any atom is -0.356 e. The average molecular weight is 236 g/mol. The van der Waals surface area contributed by atoms with Crippen LogP contribution in [0.4, 0.5) is 13.2 Å². The molecule has 3 N–H and O–H groups in total. The summed E-state index contributed by atoms with van der Waals surface area (Å²) in [7, 11) is 0. The van der Waals surface area contributed by atoms with Crippen molar-refractivity contribution >= 4 is 5.91 Å². The van der Waals surface area contributed by atoms with Crippen molar-refractivity contribution in [3.8, 4) is 0 Å². The fraction of sp³-hybridized carbons (Fsp3) is 0.700. The number of rotatable bonds is 4. The Balaban J connectivity index is 2.14. The molecule has 0 bridgehead atoms. The van der Waals surface area contributed by atoms with Gasteiger partial charge in [-0.25, -0.2) is 0 Å². The Bertz CT molecular complexity index is 276. The lowest BCUT2D eigenvalue weighted by Gasteiger charge is -2.11. The Morgan fingerprint density at radius 2 is 2.12 bits per heavy atom. The lowest BCUT2D eigenvalue weighted by Crippen LogP contribution is -2.31. The minimum atomic E-state index is -4.15. The molecule has 1 rings (SSSR count). The highest BCUT2D eigenvalue weighted by Crippen LogP contribution is 2.21. The largest absolute Gasteiger partial charge is 0.389 e. The van der Waals surface area contributed by atoms with Gasteiger partial charge in [-0.15, -0.1) is 0 Å². The second-order valence-electron chi connectivity index (χ2n) is 3.90. The van der Waals surface area contributed by atoms with Gasteiger partial charge in [-0.3, -0.25) is 4.79 Å². The highest BCUT2D eigenvalue weighted by molar-refractivity contribution is 5.81. The van der Waals surface area contributed by atoms with Crippen molar-refractivity contribution in [2.24, 2.45) is 11.7 Å². The Kier molecular flexibility index (Phi) is 4.35. The Morgan fingerprint density at radius 3 is 2.62 bits per heavy atom. The molecule has 6 heteroatoms. The zero-order valence-electron chi connectivity index (χ0n) is 8.76. The Hall–Kier alpha value is -1.04. The first-order valence-corrected chi connectivity index (χ1v) is 5.17. The van der Waals surface area contributed by atoms with Crippen molar-refractivity contribution in [1.82, 2.24) is 5.32 Å². The molecule has 0 aliphatic heterocycles. The molecular formula is C10H15F3N2O. The van der Waals surface area contributed by atoms with E-state index in [1.807, 2.05) is 0 Å². The van der Waals surface area contributed by atoms with Gasteiger partial charge < -0.3 is 11.1 Å². The van der Waals surface area contributed by atoms with E-state index in [1.54, 1.807) is 12.2 Å². The summed E-state index contributed by atoms with van der Waals surface area (Å²) in [5.74, 6) is -0.535.